The summed E-state index contributed by atoms with van der Waals surface area (Å²) in [5.41, 5.74) is 3.14. The fraction of sp³-hybridized carbons (Fsp3) is 0.278. The highest BCUT2D eigenvalue weighted by Gasteiger charge is 2.04. The maximum atomic E-state index is 11.9. The van der Waals surface area contributed by atoms with Gasteiger partial charge in [0, 0.05) is 17.3 Å². The van der Waals surface area contributed by atoms with Crippen LogP contribution in [0, 0.1) is 0 Å². The van der Waals surface area contributed by atoms with Gasteiger partial charge in [-0.3, -0.25) is 4.79 Å². The molecular formula is C18H21ClN2O. The van der Waals surface area contributed by atoms with E-state index in [9.17, 15) is 4.79 Å². The van der Waals surface area contributed by atoms with Crippen LogP contribution in [0.3, 0.4) is 0 Å². The van der Waals surface area contributed by atoms with Crippen molar-refractivity contribution in [2.45, 2.75) is 26.3 Å². The molecule has 0 spiro atoms. The Morgan fingerprint density at radius 1 is 1.09 bits per heavy atom. The third-order valence-corrected chi connectivity index (χ3v) is 3.83. The van der Waals surface area contributed by atoms with Crippen LogP contribution in [0.5, 0.6) is 0 Å². The van der Waals surface area contributed by atoms with Gasteiger partial charge in [-0.25, -0.2) is 0 Å². The number of carbonyl (C=O) groups is 1. The molecule has 0 aromatic heterocycles. The second kappa shape index (κ2) is 7.85. The van der Waals surface area contributed by atoms with Gasteiger partial charge in [0.25, 0.3) is 0 Å². The Labute approximate surface area is 136 Å². The zero-order valence-corrected chi connectivity index (χ0v) is 13.7. The van der Waals surface area contributed by atoms with Crippen LogP contribution < -0.4 is 10.6 Å². The lowest BCUT2D eigenvalue weighted by Crippen LogP contribution is -2.29. The Balaban J connectivity index is 1.79. The van der Waals surface area contributed by atoms with Gasteiger partial charge in [0.1, 0.15) is 0 Å². The second-order valence-electron chi connectivity index (χ2n) is 5.50. The summed E-state index contributed by atoms with van der Waals surface area (Å²) in [6, 6.07) is 15.6. The molecule has 2 aromatic rings. The predicted molar refractivity (Wildman–Crippen MR) is 92.3 cm³/mol. The van der Waals surface area contributed by atoms with Crippen molar-refractivity contribution in [1.29, 1.82) is 0 Å². The maximum Gasteiger partial charge on any atom is 0.239 e. The summed E-state index contributed by atoms with van der Waals surface area (Å²) in [7, 11) is 0. The van der Waals surface area contributed by atoms with Crippen molar-refractivity contribution < 1.29 is 4.79 Å². The number of rotatable bonds is 6. The molecule has 0 fully saturated rings. The number of amides is 1. The van der Waals surface area contributed by atoms with Gasteiger partial charge in [0.2, 0.25) is 5.91 Å². The molecule has 0 aliphatic carbocycles. The van der Waals surface area contributed by atoms with Crippen molar-refractivity contribution >= 4 is 23.2 Å². The van der Waals surface area contributed by atoms with Crippen LogP contribution in [0.1, 0.15) is 30.9 Å². The minimum Gasteiger partial charge on any atom is -0.376 e. The van der Waals surface area contributed by atoms with E-state index in [0.29, 0.717) is 17.5 Å². The molecule has 2 aromatic carbocycles. The van der Waals surface area contributed by atoms with E-state index in [4.69, 9.17) is 11.6 Å². The summed E-state index contributed by atoms with van der Waals surface area (Å²) < 4.78 is 0. The molecule has 0 unspecified atom stereocenters. The Bertz CT molecular complexity index is 623. The van der Waals surface area contributed by atoms with Crippen molar-refractivity contribution in [2.75, 3.05) is 11.9 Å². The molecule has 2 N–H and O–H groups in total. The molecule has 0 aliphatic heterocycles. The number of hydrogen-bond donors (Lipinski definition) is 2. The van der Waals surface area contributed by atoms with Gasteiger partial charge >= 0.3 is 0 Å². The number of halogens is 1. The molecular weight excluding hydrogens is 296 g/mol. The van der Waals surface area contributed by atoms with E-state index >= 15 is 0 Å². The molecule has 22 heavy (non-hydrogen) atoms. The van der Waals surface area contributed by atoms with Crippen LogP contribution in [0.2, 0.25) is 5.02 Å². The van der Waals surface area contributed by atoms with E-state index in [0.717, 1.165) is 11.3 Å². The van der Waals surface area contributed by atoms with E-state index in [1.165, 1.54) is 5.56 Å². The first-order chi connectivity index (χ1) is 10.6. The van der Waals surface area contributed by atoms with Crippen LogP contribution >= 0.6 is 11.6 Å². The molecule has 116 valence electrons. The van der Waals surface area contributed by atoms with E-state index in [2.05, 4.69) is 36.6 Å². The summed E-state index contributed by atoms with van der Waals surface area (Å²) in [5, 5.41) is 6.64. The number of hydrogen-bond acceptors (Lipinski definition) is 2. The zero-order valence-electron chi connectivity index (χ0n) is 12.9. The highest BCUT2D eigenvalue weighted by atomic mass is 35.5. The summed E-state index contributed by atoms with van der Waals surface area (Å²) in [4.78, 5) is 11.9. The molecule has 0 atom stereocenters. The Morgan fingerprint density at radius 2 is 1.77 bits per heavy atom. The van der Waals surface area contributed by atoms with Crippen molar-refractivity contribution in [1.82, 2.24) is 5.32 Å². The zero-order chi connectivity index (χ0) is 15.9. The first-order valence-corrected chi connectivity index (χ1v) is 7.78. The second-order valence-corrected chi connectivity index (χ2v) is 5.91. The molecule has 1 amide bonds. The minimum absolute atomic E-state index is 0.0622. The topological polar surface area (TPSA) is 41.1 Å². The quantitative estimate of drug-likeness (QED) is 0.839. The summed E-state index contributed by atoms with van der Waals surface area (Å²) in [6.07, 6.45) is 0. The average molecular weight is 317 g/mol. The van der Waals surface area contributed by atoms with Crippen LogP contribution in [0.4, 0.5) is 5.69 Å². The first-order valence-electron chi connectivity index (χ1n) is 7.40. The smallest absolute Gasteiger partial charge is 0.239 e. The first kappa shape index (κ1) is 16.4. The number of nitrogens with one attached hydrogen (secondary N) is 2. The lowest BCUT2D eigenvalue weighted by Gasteiger charge is -2.10. The fourth-order valence-corrected chi connectivity index (χ4v) is 2.27. The third kappa shape index (κ3) is 4.78. The largest absolute Gasteiger partial charge is 0.376 e. The molecule has 4 heteroatoms. The molecule has 0 saturated carbocycles. The molecule has 2 rings (SSSR count). The van der Waals surface area contributed by atoms with Crippen molar-refractivity contribution in [2.24, 2.45) is 0 Å². The van der Waals surface area contributed by atoms with Gasteiger partial charge in [-0.1, -0.05) is 55.8 Å². The average Bonchev–Trinajstić information content (AvgIpc) is 2.52. The van der Waals surface area contributed by atoms with E-state index in [1.54, 1.807) is 0 Å². The molecule has 0 saturated heterocycles. The third-order valence-electron chi connectivity index (χ3n) is 3.46. The molecule has 0 radical (unpaired) electrons. The monoisotopic (exact) mass is 316 g/mol. The van der Waals surface area contributed by atoms with Crippen LogP contribution in [0.15, 0.2) is 48.5 Å². The Kier molecular flexibility index (Phi) is 5.84. The molecule has 3 nitrogen and oxygen atoms in total. The number of benzene rings is 2. The minimum atomic E-state index is -0.0622. The number of anilines is 1. The summed E-state index contributed by atoms with van der Waals surface area (Å²) in [6.45, 7) is 4.99. The van der Waals surface area contributed by atoms with E-state index < -0.39 is 0 Å². The van der Waals surface area contributed by atoms with E-state index in [1.807, 2.05) is 36.4 Å². The van der Waals surface area contributed by atoms with Crippen LogP contribution in [0.25, 0.3) is 0 Å². The van der Waals surface area contributed by atoms with Gasteiger partial charge < -0.3 is 10.6 Å². The SMILES string of the molecule is CC(C)c1ccc(NCC(=O)NCc2ccccc2Cl)cc1. The predicted octanol–water partition coefficient (Wildman–Crippen LogP) is 4.19. The highest BCUT2D eigenvalue weighted by Crippen LogP contribution is 2.17. The lowest BCUT2D eigenvalue weighted by atomic mass is 10.0. The lowest BCUT2D eigenvalue weighted by molar-refractivity contribution is -0.119. The number of carbonyl (C=O) groups excluding carboxylic acids is 1. The van der Waals surface area contributed by atoms with Crippen molar-refractivity contribution in [3.8, 4) is 0 Å². The van der Waals surface area contributed by atoms with Gasteiger partial charge in [0.05, 0.1) is 6.54 Å². The van der Waals surface area contributed by atoms with Gasteiger partial charge in [0.15, 0.2) is 0 Å². The van der Waals surface area contributed by atoms with Crippen LogP contribution in [-0.4, -0.2) is 12.5 Å². The van der Waals surface area contributed by atoms with Crippen molar-refractivity contribution in [3.05, 3.63) is 64.7 Å². The Hall–Kier alpha value is -2.00. The van der Waals surface area contributed by atoms with Crippen LogP contribution in [-0.2, 0) is 11.3 Å². The standard InChI is InChI=1S/C18H21ClN2O/c1-13(2)14-7-9-16(10-8-14)20-12-18(22)21-11-15-5-3-4-6-17(15)19/h3-10,13,20H,11-12H2,1-2H3,(H,21,22). The summed E-state index contributed by atoms with van der Waals surface area (Å²) in [5.74, 6) is 0.445. The maximum absolute atomic E-state index is 11.9. The van der Waals surface area contributed by atoms with Gasteiger partial charge in [-0.2, -0.15) is 0 Å². The van der Waals surface area contributed by atoms with Gasteiger partial charge in [-0.05, 0) is 35.2 Å². The molecule has 0 heterocycles. The Morgan fingerprint density at radius 3 is 2.41 bits per heavy atom. The molecule has 0 bridgehead atoms. The normalized spacial score (nSPS) is 10.5. The van der Waals surface area contributed by atoms with E-state index in [-0.39, 0.29) is 12.5 Å². The highest BCUT2D eigenvalue weighted by molar-refractivity contribution is 6.31. The fourth-order valence-electron chi connectivity index (χ4n) is 2.07. The van der Waals surface area contributed by atoms with Gasteiger partial charge in [-0.15, -0.1) is 0 Å². The molecule has 0 aliphatic rings. The van der Waals surface area contributed by atoms with Crippen molar-refractivity contribution in [3.63, 3.8) is 0 Å². The summed E-state index contributed by atoms with van der Waals surface area (Å²) >= 11 is 6.05.